The lowest BCUT2D eigenvalue weighted by atomic mass is 9.90. The normalized spacial score (nSPS) is 19.6. The maximum Gasteiger partial charge on any atom is 0.286 e. The van der Waals surface area contributed by atoms with Crippen molar-refractivity contribution in [1.82, 2.24) is 9.62 Å². The second-order valence-corrected chi connectivity index (χ2v) is 14.1. The number of aliphatic hydroxyl groups excluding tert-OH is 1. The van der Waals surface area contributed by atoms with Crippen molar-refractivity contribution in [3.05, 3.63) is 95.3 Å². The van der Waals surface area contributed by atoms with Crippen LogP contribution in [0.2, 0.25) is 0 Å². The molecule has 3 aromatic carbocycles. The van der Waals surface area contributed by atoms with Crippen molar-refractivity contribution in [1.29, 1.82) is 0 Å². The molecule has 2 N–H and O–H groups in total. The van der Waals surface area contributed by atoms with Crippen LogP contribution in [-0.2, 0) is 30.7 Å². The average molecular weight is 647 g/mol. The number of sulfonamides is 1. The maximum atomic E-state index is 13.4. The van der Waals surface area contributed by atoms with Crippen LogP contribution in [-0.4, -0.2) is 69.5 Å². The summed E-state index contributed by atoms with van der Waals surface area (Å²) in [6.07, 6.45) is 7.77. The predicted octanol–water partition coefficient (Wildman–Crippen LogP) is 5.13. The lowest BCUT2D eigenvalue weighted by molar-refractivity contribution is -0.147. The lowest BCUT2D eigenvalue weighted by Gasteiger charge is -2.31. The van der Waals surface area contributed by atoms with E-state index < -0.39 is 16.3 Å². The summed E-state index contributed by atoms with van der Waals surface area (Å²) in [5, 5.41) is 12.8. The topological polar surface area (TPSA) is 114 Å². The van der Waals surface area contributed by atoms with Crippen LogP contribution in [0.15, 0.2) is 83.5 Å². The van der Waals surface area contributed by atoms with E-state index in [9.17, 15) is 18.3 Å². The van der Waals surface area contributed by atoms with Gasteiger partial charge in [0.05, 0.1) is 25.2 Å². The van der Waals surface area contributed by atoms with Gasteiger partial charge < -0.3 is 24.6 Å². The van der Waals surface area contributed by atoms with Crippen molar-refractivity contribution in [2.45, 2.75) is 68.1 Å². The number of nitrogens with zero attached hydrogens (tertiary/aromatic N) is 1. The molecule has 1 aliphatic heterocycles. The lowest BCUT2D eigenvalue weighted by Crippen LogP contribution is -2.40. The molecule has 2 aliphatic carbocycles. The van der Waals surface area contributed by atoms with E-state index in [1.54, 1.807) is 12.1 Å². The van der Waals surface area contributed by atoms with E-state index in [-0.39, 0.29) is 54.8 Å². The SMILES string of the molecule is COc1ccc(S(=O)(=O)N(CCO)CCO[C@H]2C[C@@H](c3ccc4c(c3)Cc3ccccc3-4)C=C(C(=O)NC3CCCCC3)O2)cc1. The Morgan fingerprint density at radius 1 is 0.978 bits per heavy atom. The highest BCUT2D eigenvalue weighted by Gasteiger charge is 2.32. The number of benzene rings is 3. The van der Waals surface area contributed by atoms with Crippen molar-refractivity contribution in [2.24, 2.45) is 0 Å². The summed E-state index contributed by atoms with van der Waals surface area (Å²) in [5.74, 6) is 0.400. The fraction of sp³-hybridized carbons (Fsp3) is 0.417. The van der Waals surface area contributed by atoms with Crippen molar-refractivity contribution in [3.8, 4) is 16.9 Å². The number of carbonyl (C=O) groups excluding carboxylic acids is 1. The van der Waals surface area contributed by atoms with Gasteiger partial charge in [0.1, 0.15) is 5.75 Å². The maximum absolute atomic E-state index is 13.4. The molecule has 0 aromatic heterocycles. The standard InChI is InChI=1S/C36H42N2O7S/c1-43-30-12-14-31(15-13-30)46(41,42)38(17-19-39)18-20-44-35-24-27(23-34(45-35)36(40)37-29-8-3-2-4-9-29)25-11-16-33-28(21-25)22-26-7-5-6-10-32(26)33/h5-7,10-16,21,23,27,29,35,39H,2-4,8-9,17-20,22,24H2,1H3,(H,37,40)/t27-,35+/m0/s1. The van der Waals surface area contributed by atoms with Crippen LogP contribution in [0.1, 0.15) is 61.1 Å². The minimum atomic E-state index is -3.89. The number of methoxy groups -OCH3 is 1. The Morgan fingerprint density at radius 2 is 1.74 bits per heavy atom. The van der Waals surface area contributed by atoms with E-state index in [1.807, 2.05) is 6.08 Å². The summed E-state index contributed by atoms with van der Waals surface area (Å²) >= 11 is 0. The molecule has 46 heavy (non-hydrogen) atoms. The molecule has 244 valence electrons. The Bertz CT molecular complexity index is 1670. The van der Waals surface area contributed by atoms with E-state index in [2.05, 4.69) is 47.8 Å². The quantitative estimate of drug-likeness (QED) is 0.219. The molecule has 0 unspecified atom stereocenters. The third-order valence-electron chi connectivity index (χ3n) is 9.16. The van der Waals surface area contributed by atoms with Crippen LogP contribution in [0, 0.1) is 0 Å². The molecule has 0 spiro atoms. The van der Waals surface area contributed by atoms with Gasteiger partial charge in [0, 0.05) is 31.5 Å². The Labute approximate surface area is 271 Å². The first-order valence-corrected chi connectivity index (χ1v) is 17.6. The number of carbonyl (C=O) groups is 1. The van der Waals surface area contributed by atoms with Gasteiger partial charge in [0.15, 0.2) is 5.76 Å². The number of nitrogens with one attached hydrogen (secondary N) is 1. The molecule has 3 aliphatic rings. The number of hydrogen-bond acceptors (Lipinski definition) is 7. The Hall–Kier alpha value is -3.70. The zero-order valence-electron chi connectivity index (χ0n) is 26.2. The molecule has 6 rings (SSSR count). The molecule has 9 nitrogen and oxygen atoms in total. The van der Waals surface area contributed by atoms with E-state index in [4.69, 9.17) is 14.2 Å². The molecule has 1 fully saturated rings. The zero-order valence-corrected chi connectivity index (χ0v) is 27.0. The highest BCUT2D eigenvalue weighted by molar-refractivity contribution is 7.89. The van der Waals surface area contributed by atoms with Gasteiger partial charge in [-0.3, -0.25) is 4.79 Å². The van der Waals surface area contributed by atoms with Crippen molar-refractivity contribution in [3.63, 3.8) is 0 Å². The molecule has 0 bridgehead atoms. The number of allylic oxidation sites excluding steroid dienone is 1. The summed E-state index contributed by atoms with van der Waals surface area (Å²) in [5.41, 5.74) is 6.14. The Balaban J connectivity index is 1.18. The van der Waals surface area contributed by atoms with Gasteiger partial charge in [-0.05, 0) is 77.4 Å². The zero-order chi connectivity index (χ0) is 32.1. The molecular formula is C36H42N2O7S. The van der Waals surface area contributed by atoms with Gasteiger partial charge in [-0.2, -0.15) is 4.31 Å². The third-order valence-corrected chi connectivity index (χ3v) is 11.1. The fourth-order valence-corrected chi connectivity index (χ4v) is 8.11. The van der Waals surface area contributed by atoms with Gasteiger partial charge in [0.2, 0.25) is 16.3 Å². The van der Waals surface area contributed by atoms with Crippen LogP contribution < -0.4 is 10.1 Å². The molecule has 0 radical (unpaired) electrons. The number of rotatable bonds is 12. The number of hydrogen-bond donors (Lipinski definition) is 2. The second kappa shape index (κ2) is 14.4. The number of aliphatic hydroxyl groups is 1. The van der Waals surface area contributed by atoms with Crippen molar-refractivity contribution >= 4 is 15.9 Å². The molecule has 0 saturated heterocycles. The number of ether oxygens (including phenoxy) is 3. The average Bonchev–Trinajstić information content (AvgIpc) is 3.46. The first-order chi connectivity index (χ1) is 22.4. The third kappa shape index (κ3) is 7.15. The van der Waals surface area contributed by atoms with Gasteiger partial charge in [-0.15, -0.1) is 0 Å². The van der Waals surface area contributed by atoms with Gasteiger partial charge in [-0.1, -0.05) is 61.7 Å². The van der Waals surface area contributed by atoms with Crippen LogP contribution >= 0.6 is 0 Å². The largest absolute Gasteiger partial charge is 0.497 e. The van der Waals surface area contributed by atoms with Crippen LogP contribution in [0.25, 0.3) is 11.1 Å². The molecular weight excluding hydrogens is 604 g/mol. The van der Waals surface area contributed by atoms with E-state index in [0.717, 1.165) is 37.7 Å². The van der Waals surface area contributed by atoms with Gasteiger partial charge >= 0.3 is 0 Å². The van der Waals surface area contributed by atoms with Crippen molar-refractivity contribution in [2.75, 3.05) is 33.4 Å². The minimum Gasteiger partial charge on any atom is -0.497 e. The van der Waals surface area contributed by atoms with Gasteiger partial charge in [0.25, 0.3) is 5.91 Å². The molecule has 1 heterocycles. The summed E-state index contributed by atoms with van der Waals surface area (Å²) in [4.78, 5) is 13.5. The van der Waals surface area contributed by atoms with E-state index >= 15 is 0 Å². The van der Waals surface area contributed by atoms with Crippen LogP contribution in [0.4, 0.5) is 0 Å². The molecule has 10 heteroatoms. The van der Waals surface area contributed by atoms with Gasteiger partial charge in [-0.25, -0.2) is 8.42 Å². The van der Waals surface area contributed by atoms with Crippen molar-refractivity contribution < 1.29 is 32.5 Å². The smallest absolute Gasteiger partial charge is 0.286 e. The highest BCUT2D eigenvalue weighted by Crippen LogP contribution is 2.40. The molecule has 3 aromatic rings. The molecule has 2 atom stereocenters. The first kappa shape index (κ1) is 32.2. The monoisotopic (exact) mass is 646 g/mol. The highest BCUT2D eigenvalue weighted by atomic mass is 32.2. The first-order valence-electron chi connectivity index (χ1n) is 16.1. The van der Waals surface area contributed by atoms with Crippen LogP contribution in [0.5, 0.6) is 5.75 Å². The minimum absolute atomic E-state index is 0.00384. The summed E-state index contributed by atoms with van der Waals surface area (Å²) in [6.45, 7) is -0.403. The predicted molar refractivity (Wildman–Crippen MR) is 175 cm³/mol. The number of amides is 1. The summed E-state index contributed by atoms with van der Waals surface area (Å²) in [7, 11) is -2.38. The van der Waals surface area contributed by atoms with E-state index in [0.29, 0.717) is 12.2 Å². The fourth-order valence-electron chi connectivity index (χ4n) is 6.70. The summed E-state index contributed by atoms with van der Waals surface area (Å²) in [6, 6.07) is 21.2. The van der Waals surface area contributed by atoms with E-state index in [1.165, 1.54) is 52.2 Å². The Kier molecular flexibility index (Phi) is 10.1. The molecule has 1 saturated carbocycles. The Morgan fingerprint density at radius 3 is 2.50 bits per heavy atom. The number of fused-ring (bicyclic) bond motifs is 3. The second-order valence-electron chi connectivity index (χ2n) is 12.2. The van der Waals surface area contributed by atoms with Crippen LogP contribution in [0.3, 0.4) is 0 Å². The summed E-state index contributed by atoms with van der Waals surface area (Å²) < 4.78 is 45.3. The molecule has 1 amide bonds.